The molecule has 0 heterocycles. The molecule has 3 N–H and O–H groups in total. The van der Waals surface area contributed by atoms with Crippen molar-refractivity contribution in [1.29, 1.82) is 0 Å². The summed E-state index contributed by atoms with van der Waals surface area (Å²) in [7, 11) is -2.78. The Balaban J connectivity index is 3.14. The number of ether oxygens (including phenoxy) is 1. The molecule has 1 rings (SSSR count). The van der Waals surface area contributed by atoms with E-state index in [4.69, 9.17) is 17.3 Å². The molecule has 0 saturated carbocycles. The molecular formula is C11H15ClN2O4S. The van der Waals surface area contributed by atoms with Gasteiger partial charge in [0, 0.05) is 5.69 Å². The van der Waals surface area contributed by atoms with E-state index in [9.17, 15) is 13.2 Å². The van der Waals surface area contributed by atoms with Gasteiger partial charge in [0.1, 0.15) is 10.9 Å². The van der Waals surface area contributed by atoms with Crippen LogP contribution in [0.5, 0.6) is 0 Å². The largest absolute Gasteiger partial charge is 0.468 e. The van der Waals surface area contributed by atoms with E-state index >= 15 is 0 Å². The molecule has 0 amide bonds. The number of halogens is 1. The van der Waals surface area contributed by atoms with Crippen LogP contribution < -0.4 is 10.5 Å². The number of aryl methyl sites for hydroxylation is 1. The molecule has 8 heteroatoms. The fraction of sp³-hybridized carbons (Fsp3) is 0.364. The van der Waals surface area contributed by atoms with Crippen molar-refractivity contribution in [3.63, 3.8) is 0 Å². The van der Waals surface area contributed by atoms with E-state index in [-0.39, 0.29) is 9.92 Å². The first-order chi connectivity index (χ1) is 8.69. The molecule has 0 bridgehead atoms. The molecule has 0 saturated heterocycles. The number of esters is 1. The summed E-state index contributed by atoms with van der Waals surface area (Å²) in [5.41, 5.74) is 6.63. The standard InChI is InChI=1S/C11H15ClN2O4S/c1-6-4-8(12)10(5-9(6)13)19(16,17)14-7(2)11(15)18-3/h4-5,7,14H,13H2,1-3H3. The first kappa shape index (κ1) is 15.7. The zero-order chi connectivity index (χ0) is 14.8. The fourth-order valence-corrected chi connectivity index (χ4v) is 3.20. The van der Waals surface area contributed by atoms with Gasteiger partial charge in [-0.3, -0.25) is 4.79 Å². The second-order valence-electron chi connectivity index (χ2n) is 4.01. The van der Waals surface area contributed by atoms with Crippen LogP contribution in [0.15, 0.2) is 17.0 Å². The molecule has 1 atom stereocenters. The zero-order valence-corrected chi connectivity index (χ0v) is 12.3. The monoisotopic (exact) mass is 306 g/mol. The van der Waals surface area contributed by atoms with Crippen molar-refractivity contribution >= 4 is 33.3 Å². The van der Waals surface area contributed by atoms with Crippen LogP contribution in [0, 0.1) is 6.92 Å². The first-order valence-electron chi connectivity index (χ1n) is 5.35. The molecule has 19 heavy (non-hydrogen) atoms. The third-order valence-electron chi connectivity index (χ3n) is 2.50. The van der Waals surface area contributed by atoms with E-state index in [1.54, 1.807) is 6.92 Å². The fourth-order valence-electron chi connectivity index (χ4n) is 1.40. The maximum atomic E-state index is 12.1. The van der Waals surface area contributed by atoms with Crippen molar-refractivity contribution in [2.45, 2.75) is 24.8 Å². The lowest BCUT2D eigenvalue weighted by Crippen LogP contribution is -2.39. The topological polar surface area (TPSA) is 98.5 Å². The lowest BCUT2D eigenvalue weighted by atomic mass is 10.2. The van der Waals surface area contributed by atoms with Gasteiger partial charge in [0.15, 0.2) is 0 Å². The number of rotatable bonds is 4. The van der Waals surface area contributed by atoms with Gasteiger partial charge in [-0.05, 0) is 31.5 Å². The Hall–Kier alpha value is -1.31. The Kier molecular flexibility index (Phi) is 4.78. The third kappa shape index (κ3) is 3.59. The van der Waals surface area contributed by atoms with E-state index < -0.39 is 22.0 Å². The van der Waals surface area contributed by atoms with Gasteiger partial charge in [-0.15, -0.1) is 0 Å². The van der Waals surface area contributed by atoms with Gasteiger partial charge < -0.3 is 10.5 Å². The Morgan fingerprint density at radius 3 is 2.58 bits per heavy atom. The number of hydrogen-bond donors (Lipinski definition) is 2. The van der Waals surface area contributed by atoms with Gasteiger partial charge in [0.25, 0.3) is 0 Å². The molecule has 1 aromatic carbocycles. The van der Waals surface area contributed by atoms with Crippen LogP contribution in [0.1, 0.15) is 12.5 Å². The molecule has 1 unspecified atom stereocenters. The second kappa shape index (κ2) is 5.77. The molecule has 0 spiro atoms. The van der Waals surface area contributed by atoms with Gasteiger partial charge in [-0.1, -0.05) is 11.6 Å². The van der Waals surface area contributed by atoms with Crippen LogP contribution in [0.4, 0.5) is 5.69 Å². The number of nitrogens with one attached hydrogen (secondary N) is 1. The highest BCUT2D eigenvalue weighted by Crippen LogP contribution is 2.26. The second-order valence-corrected chi connectivity index (χ2v) is 6.09. The predicted octanol–water partition coefficient (Wildman–Crippen LogP) is 1.07. The number of nitrogen functional groups attached to an aromatic ring is 1. The van der Waals surface area contributed by atoms with Crippen molar-refractivity contribution in [3.05, 3.63) is 22.7 Å². The summed E-state index contributed by atoms with van der Waals surface area (Å²) in [5, 5.41) is 0.0382. The lowest BCUT2D eigenvalue weighted by Gasteiger charge is -2.14. The molecule has 0 aliphatic heterocycles. The Labute approximate surface area is 116 Å². The number of hydrogen-bond acceptors (Lipinski definition) is 5. The van der Waals surface area contributed by atoms with Gasteiger partial charge in [-0.25, -0.2) is 8.42 Å². The summed E-state index contributed by atoms with van der Waals surface area (Å²) in [6.07, 6.45) is 0. The summed E-state index contributed by atoms with van der Waals surface area (Å²) in [5.74, 6) is -0.695. The van der Waals surface area contributed by atoms with Crippen LogP contribution >= 0.6 is 11.6 Å². The SMILES string of the molecule is COC(=O)C(C)NS(=O)(=O)c1cc(N)c(C)cc1Cl. The minimum atomic E-state index is -3.95. The highest BCUT2D eigenvalue weighted by molar-refractivity contribution is 7.89. The van der Waals surface area contributed by atoms with Gasteiger partial charge in [0.2, 0.25) is 10.0 Å². The number of methoxy groups -OCH3 is 1. The number of nitrogens with two attached hydrogens (primary N) is 1. The lowest BCUT2D eigenvalue weighted by molar-refractivity contribution is -0.142. The van der Waals surface area contributed by atoms with Crippen LogP contribution in [-0.2, 0) is 19.6 Å². The molecule has 0 aliphatic rings. The molecule has 106 valence electrons. The number of anilines is 1. The van der Waals surface area contributed by atoms with Gasteiger partial charge in [0.05, 0.1) is 12.1 Å². The number of benzene rings is 1. The minimum absolute atomic E-state index is 0.0382. The summed E-state index contributed by atoms with van der Waals surface area (Å²) in [6, 6.07) is 1.69. The third-order valence-corrected chi connectivity index (χ3v) is 4.50. The van der Waals surface area contributed by atoms with Crippen molar-refractivity contribution < 1.29 is 17.9 Å². The van der Waals surface area contributed by atoms with Crippen molar-refractivity contribution in [2.75, 3.05) is 12.8 Å². The van der Waals surface area contributed by atoms with E-state index in [2.05, 4.69) is 9.46 Å². The smallest absolute Gasteiger partial charge is 0.323 e. The summed E-state index contributed by atoms with van der Waals surface area (Å²) < 4.78 is 30.8. The summed E-state index contributed by atoms with van der Waals surface area (Å²) in [6.45, 7) is 3.08. The average Bonchev–Trinajstić information content (AvgIpc) is 2.31. The van der Waals surface area contributed by atoms with E-state index in [1.165, 1.54) is 26.2 Å². The van der Waals surface area contributed by atoms with Crippen LogP contribution in [0.25, 0.3) is 0 Å². The van der Waals surface area contributed by atoms with Crippen LogP contribution in [0.3, 0.4) is 0 Å². The van der Waals surface area contributed by atoms with Gasteiger partial charge in [-0.2, -0.15) is 4.72 Å². The van der Waals surface area contributed by atoms with E-state index in [0.29, 0.717) is 11.3 Å². The molecule has 0 aliphatic carbocycles. The minimum Gasteiger partial charge on any atom is -0.468 e. The maximum Gasteiger partial charge on any atom is 0.323 e. The predicted molar refractivity (Wildman–Crippen MR) is 72.4 cm³/mol. The molecule has 0 radical (unpaired) electrons. The molecular weight excluding hydrogens is 292 g/mol. The first-order valence-corrected chi connectivity index (χ1v) is 7.21. The molecule has 0 aromatic heterocycles. The normalized spacial score (nSPS) is 13.1. The summed E-state index contributed by atoms with van der Waals surface area (Å²) in [4.78, 5) is 11.0. The van der Waals surface area contributed by atoms with E-state index in [0.717, 1.165) is 0 Å². The highest BCUT2D eigenvalue weighted by atomic mass is 35.5. The number of sulfonamides is 1. The number of carbonyl (C=O) groups excluding carboxylic acids is 1. The molecule has 1 aromatic rings. The van der Waals surface area contributed by atoms with Crippen molar-refractivity contribution in [2.24, 2.45) is 0 Å². The van der Waals surface area contributed by atoms with Gasteiger partial charge >= 0.3 is 5.97 Å². The molecule has 6 nitrogen and oxygen atoms in total. The van der Waals surface area contributed by atoms with Crippen LogP contribution in [-0.4, -0.2) is 27.5 Å². The Morgan fingerprint density at radius 1 is 1.47 bits per heavy atom. The summed E-state index contributed by atoms with van der Waals surface area (Å²) >= 11 is 5.89. The zero-order valence-electron chi connectivity index (χ0n) is 10.7. The molecule has 0 fully saturated rings. The van der Waals surface area contributed by atoms with Crippen molar-refractivity contribution in [1.82, 2.24) is 4.72 Å². The average molecular weight is 307 g/mol. The highest BCUT2D eigenvalue weighted by Gasteiger charge is 2.25. The van der Waals surface area contributed by atoms with Crippen molar-refractivity contribution in [3.8, 4) is 0 Å². The maximum absolute atomic E-state index is 12.1. The van der Waals surface area contributed by atoms with E-state index in [1.807, 2.05) is 0 Å². The number of carbonyl (C=O) groups is 1. The Bertz CT molecular complexity index is 601. The Morgan fingerprint density at radius 2 is 2.05 bits per heavy atom. The quantitative estimate of drug-likeness (QED) is 0.640. The van der Waals surface area contributed by atoms with Crippen LogP contribution in [0.2, 0.25) is 5.02 Å².